The van der Waals surface area contributed by atoms with Crippen molar-refractivity contribution in [3.63, 3.8) is 0 Å². The Balaban J connectivity index is 1.34. The zero-order valence-corrected chi connectivity index (χ0v) is 28.7. The molecule has 57 heavy (non-hydrogen) atoms. The van der Waals surface area contributed by atoms with E-state index in [0.29, 0.717) is 0 Å². The van der Waals surface area contributed by atoms with Crippen molar-refractivity contribution in [2.45, 2.75) is 0 Å². The van der Waals surface area contributed by atoms with Gasteiger partial charge in [0.1, 0.15) is 0 Å². The molecule has 0 unspecified atom stereocenters. The van der Waals surface area contributed by atoms with Gasteiger partial charge < -0.3 is 13.7 Å². The van der Waals surface area contributed by atoms with Gasteiger partial charge in [-0.1, -0.05) is 163 Å². The molecule has 0 atom stereocenters. The summed E-state index contributed by atoms with van der Waals surface area (Å²) in [5.74, 6) is 0. The van der Waals surface area contributed by atoms with E-state index in [1.165, 1.54) is 24.3 Å². The monoisotopic (exact) mass is 755 g/mol. The molecule has 0 aliphatic rings. The highest BCUT2D eigenvalue weighted by Crippen LogP contribution is 2.43. The number of nitrogens with zero attached hydrogens (tertiary/aromatic N) is 3. The highest BCUT2D eigenvalue weighted by Gasteiger charge is 2.23. The molecule has 0 amide bonds. The van der Waals surface area contributed by atoms with Crippen molar-refractivity contribution in [3.05, 3.63) is 212 Å². The number of para-hydroxylation sites is 6. The zero-order valence-electron chi connectivity index (χ0n) is 58.7. The lowest BCUT2D eigenvalue weighted by molar-refractivity contribution is 1.11. The molecule has 0 aliphatic carbocycles. The van der Waals surface area contributed by atoms with Crippen LogP contribution in [0.3, 0.4) is 0 Å². The van der Waals surface area contributed by atoms with Crippen molar-refractivity contribution in [1.82, 2.24) is 13.7 Å². The first-order valence-electron chi connectivity index (χ1n) is 32.2. The van der Waals surface area contributed by atoms with Gasteiger partial charge in [0, 0.05) is 38.0 Å². The maximum atomic E-state index is 10.0. The van der Waals surface area contributed by atoms with Gasteiger partial charge in [0.2, 0.25) is 0 Å². The molecule has 3 nitrogen and oxygen atoms in total. The van der Waals surface area contributed by atoms with E-state index in [1.54, 1.807) is 0 Å². The molecule has 3 aromatic heterocycles. The molecule has 0 bridgehead atoms. The number of rotatable bonds is 5. The first kappa shape index (κ1) is 14.1. The van der Waals surface area contributed by atoms with E-state index in [0.717, 1.165) is 19.8 Å². The van der Waals surface area contributed by atoms with Crippen LogP contribution in [-0.4, -0.2) is 13.7 Å². The maximum absolute atomic E-state index is 10.0. The summed E-state index contributed by atoms with van der Waals surface area (Å²) < 4.78 is 276. The normalized spacial score (nSPS) is 19.2. The van der Waals surface area contributed by atoms with Crippen LogP contribution in [0.25, 0.3) is 105 Å². The molecule has 0 saturated carbocycles. The molecule has 9 aromatic carbocycles. The Bertz CT molecular complexity index is 5230. The molecule has 0 N–H and O–H groups in total. The van der Waals surface area contributed by atoms with Crippen LogP contribution in [-0.2, 0) is 0 Å². The van der Waals surface area contributed by atoms with Crippen LogP contribution >= 0.6 is 0 Å². The fourth-order valence-electron chi connectivity index (χ4n) is 7.38. The SMILES string of the molecule is [2H]c1cc2c3c([2H])c([2H])c([2H])c([2H])c3n(-c3c([2H])c([2H])c([2H])c4c5c([2H])c([2H])c([2H])c([2H])c5n(-c5c([2H])c([2H])c([2H])c6c7c([2H])c([2H])c([2H])c([2H])c7n(-c7cccc(-c8c([2H])c([2H])c(-c9c([2H])c([2H])c([2H])c([2H])c9[2H])c([2H])c8[2H])c7)c56)c34)c2c([2H])c1[2H]. The summed E-state index contributed by atoms with van der Waals surface area (Å²) in [7, 11) is 0. The van der Waals surface area contributed by atoms with E-state index < -0.39 is 264 Å². The Morgan fingerprint density at radius 2 is 0.754 bits per heavy atom. The summed E-state index contributed by atoms with van der Waals surface area (Å²) in [5.41, 5.74) is -6.83. The third-order valence-corrected chi connectivity index (χ3v) is 9.71. The average molecular weight is 756 g/mol. The lowest BCUT2D eigenvalue weighted by Gasteiger charge is -2.17. The molecular weight excluding hydrogens is 691 g/mol. The van der Waals surface area contributed by atoms with Crippen molar-refractivity contribution in [2.24, 2.45) is 0 Å². The summed E-state index contributed by atoms with van der Waals surface area (Å²) in [6, 6.07) is -19.1. The van der Waals surface area contributed by atoms with Crippen LogP contribution in [0.15, 0.2) is 212 Å². The average Bonchev–Trinajstić information content (AvgIpc) is 1.59. The smallest absolute Gasteiger partial charge is 0.0783 e. The molecule has 0 spiro atoms. The van der Waals surface area contributed by atoms with E-state index in [9.17, 15) is 19.2 Å². The molecule has 266 valence electrons. The van der Waals surface area contributed by atoms with Gasteiger partial charge in [-0.3, -0.25) is 0 Å². The van der Waals surface area contributed by atoms with Crippen LogP contribution in [0, 0.1) is 0 Å². The van der Waals surface area contributed by atoms with Gasteiger partial charge in [-0.15, -0.1) is 0 Å². The Labute approximate surface area is 371 Å². The van der Waals surface area contributed by atoms with Crippen molar-refractivity contribution in [2.75, 3.05) is 0 Å². The van der Waals surface area contributed by atoms with Crippen LogP contribution in [0.5, 0.6) is 0 Å². The second kappa shape index (κ2) is 12.5. The molecule has 0 aliphatic heterocycles. The molecule has 0 saturated heterocycles. The quantitative estimate of drug-likeness (QED) is 0.166. The first-order chi connectivity index (χ1) is 40.8. The van der Waals surface area contributed by atoms with Crippen LogP contribution in [0.1, 0.15) is 41.1 Å². The van der Waals surface area contributed by atoms with Crippen molar-refractivity contribution in [3.8, 4) is 39.3 Å². The minimum Gasteiger partial charge on any atom is -0.307 e. The van der Waals surface area contributed by atoms with Gasteiger partial charge in [0.05, 0.1) is 85.6 Å². The van der Waals surface area contributed by atoms with E-state index in [-0.39, 0.29) is 22.0 Å². The third kappa shape index (κ3) is 4.73. The fraction of sp³-hybridized carbons (Fsp3) is 0. The molecule has 12 aromatic rings. The third-order valence-electron chi connectivity index (χ3n) is 9.71. The molecular formula is C54H35N3. The minimum absolute atomic E-state index is 0.163. The van der Waals surface area contributed by atoms with Gasteiger partial charge in [0.15, 0.2) is 0 Å². The second-order valence-electron chi connectivity index (χ2n) is 12.7. The molecule has 12 rings (SSSR count). The van der Waals surface area contributed by atoms with E-state index in [4.69, 9.17) is 21.9 Å². The summed E-state index contributed by atoms with van der Waals surface area (Å²) in [6.45, 7) is 0. The van der Waals surface area contributed by atoms with Crippen molar-refractivity contribution >= 4 is 65.4 Å². The standard InChI is InChI=1S/C54H35N3/c1-2-15-36(16-3-1)37-31-33-38(34-32-37)39-17-12-18-40(35-39)55-47-25-8-6-21-43(47)45-23-14-30-52(53(45)55)57-50-28-11-7-22-44(50)46-24-13-29-51(54(46)57)56-48-26-9-4-19-41(48)42-20-5-10-27-49(42)56/h1-35H/i1D,2D,3D,4D,5D,6D,7D,8D,9D,10D,11D,13D,14D,15D,16D,19D,21D,22D,23D,24D,25D,26D,27D,28D,29D,30D,31D,32D,33D,34D. The number of fused-ring (bicyclic) bond motifs is 9. The highest BCUT2D eigenvalue weighted by molar-refractivity contribution is 6.17. The Morgan fingerprint density at radius 3 is 1.42 bits per heavy atom. The van der Waals surface area contributed by atoms with Gasteiger partial charge in [-0.2, -0.15) is 0 Å². The Hall–Kier alpha value is -7.62. The summed E-state index contributed by atoms with van der Waals surface area (Å²) in [6.07, 6.45) is 0. The first-order valence-corrected chi connectivity index (χ1v) is 17.2. The van der Waals surface area contributed by atoms with Gasteiger partial charge in [-0.05, 0) is 70.6 Å². The van der Waals surface area contributed by atoms with Crippen LogP contribution in [0.4, 0.5) is 0 Å². The minimum atomic E-state index is -0.992. The number of aromatic nitrogens is 3. The van der Waals surface area contributed by atoms with E-state index in [2.05, 4.69) is 0 Å². The number of hydrogen-bond acceptors (Lipinski definition) is 0. The summed E-state index contributed by atoms with van der Waals surface area (Å²) >= 11 is 0. The van der Waals surface area contributed by atoms with E-state index >= 15 is 0 Å². The Kier molecular flexibility index (Phi) is 3.09. The lowest BCUT2D eigenvalue weighted by atomic mass is 10.00. The van der Waals surface area contributed by atoms with Gasteiger partial charge in [-0.25, -0.2) is 0 Å². The molecule has 3 heteroatoms. The van der Waals surface area contributed by atoms with E-state index in [1.807, 2.05) is 0 Å². The highest BCUT2D eigenvalue weighted by atomic mass is 15.1. The van der Waals surface area contributed by atoms with Gasteiger partial charge in [0.25, 0.3) is 0 Å². The topological polar surface area (TPSA) is 14.8 Å². The van der Waals surface area contributed by atoms with Crippen molar-refractivity contribution in [1.29, 1.82) is 0 Å². The number of benzene rings is 9. The van der Waals surface area contributed by atoms with Crippen LogP contribution < -0.4 is 0 Å². The second-order valence-corrected chi connectivity index (χ2v) is 12.7. The summed E-state index contributed by atoms with van der Waals surface area (Å²) in [4.78, 5) is 0. The summed E-state index contributed by atoms with van der Waals surface area (Å²) in [5, 5.41) is -2.75. The fourth-order valence-corrected chi connectivity index (χ4v) is 7.38. The molecule has 0 fully saturated rings. The van der Waals surface area contributed by atoms with Crippen molar-refractivity contribution < 1.29 is 41.1 Å². The van der Waals surface area contributed by atoms with Gasteiger partial charge >= 0.3 is 0 Å². The number of hydrogen-bond donors (Lipinski definition) is 0. The molecule has 0 radical (unpaired) electrons. The molecule has 3 heterocycles. The lowest BCUT2D eigenvalue weighted by Crippen LogP contribution is -2.03. The largest absolute Gasteiger partial charge is 0.307 e. The zero-order chi connectivity index (χ0) is 63.6. The predicted molar refractivity (Wildman–Crippen MR) is 240 cm³/mol. The Morgan fingerprint density at radius 1 is 0.298 bits per heavy atom. The maximum Gasteiger partial charge on any atom is 0.0783 e. The van der Waals surface area contributed by atoms with Crippen LogP contribution in [0.2, 0.25) is 0 Å². The predicted octanol–water partition coefficient (Wildman–Crippen LogP) is 14.3.